The fourth-order valence-corrected chi connectivity index (χ4v) is 2.40. The summed E-state index contributed by atoms with van der Waals surface area (Å²) in [6, 6.07) is 2.82. The first-order chi connectivity index (χ1) is 9.52. The second-order valence-corrected chi connectivity index (χ2v) is 5.26. The highest BCUT2D eigenvalue weighted by Gasteiger charge is 2.10. The zero-order valence-electron chi connectivity index (χ0n) is 11.0. The second-order valence-electron chi connectivity index (χ2n) is 4.47. The average molecular weight is 316 g/mol. The summed E-state index contributed by atoms with van der Waals surface area (Å²) in [5.41, 5.74) is 1.27. The molecule has 0 bridgehead atoms. The molecule has 0 spiro atoms. The minimum absolute atomic E-state index is 0.0431. The zero-order valence-corrected chi connectivity index (χ0v) is 12.6. The van der Waals surface area contributed by atoms with Crippen LogP contribution in [0.3, 0.4) is 0 Å². The fraction of sp³-hybridized carbons (Fsp3) is 0.385. The molecule has 1 aromatic heterocycles. The first-order valence-electron chi connectivity index (χ1n) is 6.37. The Bertz CT molecular complexity index is 695. The standard InChI is InChI=1S/C13H15ClFN3OS/c1-2-4-16-12(19)3-5-18-11-7-9(15)8(14)6-10(11)17-13(18)20/h6-7H,2-5H2,1H3,(H,16,19)(H,17,20). The van der Waals surface area contributed by atoms with Crippen molar-refractivity contribution in [3.8, 4) is 0 Å². The van der Waals surface area contributed by atoms with E-state index in [2.05, 4.69) is 10.3 Å². The van der Waals surface area contributed by atoms with Gasteiger partial charge in [0.05, 0.1) is 16.1 Å². The first kappa shape index (κ1) is 15.0. The minimum Gasteiger partial charge on any atom is -0.356 e. The Morgan fingerprint density at radius 2 is 2.30 bits per heavy atom. The number of rotatable bonds is 5. The van der Waals surface area contributed by atoms with Gasteiger partial charge in [-0.3, -0.25) is 4.79 Å². The van der Waals surface area contributed by atoms with Gasteiger partial charge in [0, 0.05) is 25.6 Å². The molecule has 2 N–H and O–H groups in total. The van der Waals surface area contributed by atoms with Crippen molar-refractivity contribution in [2.75, 3.05) is 6.54 Å². The molecular formula is C13H15ClFN3OS. The largest absolute Gasteiger partial charge is 0.356 e. The molecule has 7 heteroatoms. The third-order valence-electron chi connectivity index (χ3n) is 2.95. The Kier molecular flexibility index (Phi) is 4.77. The Morgan fingerprint density at radius 3 is 3.00 bits per heavy atom. The maximum atomic E-state index is 13.5. The molecule has 0 aliphatic carbocycles. The quantitative estimate of drug-likeness (QED) is 0.831. The van der Waals surface area contributed by atoms with Crippen molar-refractivity contribution in [1.29, 1.82) is 0 Å². The fourth-order valence-electron chi connectivity index (χ4n) is 1.94. The Hall–Kier alpha value is -1.40. The van der Waals surface area contributed by atoms with Crippen molar-refractivity contribution in [3.05, 3.63) is 27.7 Å². The highest BCUT2D eigenvalue weighted by molar-refractivity contribution is 7.71. The highest BCUT2D eigenvalue weighted by atomic mass is 35.5. The third-order valence-corrected chi connectivity index (χ3v) is 3.56. The minimum atomic E-state index is -0.502. The van der Waals surface area contributed by atoms with Crippen molar-refractivity contribution >= 4 is 40.8 Å². The lowest BCUT2D eigenvalue weighted by Gasteiger charge is -2.06. The number of nitrogens with one attached hydrogen (secondary N) is 2. The van der Waals surface area contributed by atoms with Crippen LogP contribution in [0, 0.1) is 10.6 Å². The normalized spacial score (nSPS) is 10.9. The summed E-state index contributed by atoms with van der Waals surface area (Å²) in [4.78, 5) is 14.6. The Labute approximate surface area is 125 Å². The van der Waals surface area contributed by atoms with E-state index in [1.54, 1.807) is 4.57 Å². The van der Waals surface area contributed by atoms with Crippen LogP contribution in [0.4, 0.5) is 4.39 Å². The molecule has 0 saturated heterocycles. The van der Waals surface area contributed by atoms with Crippen LogP contribution in [0.25, 0.3) is 11.0 Å². The molecule has 0 radical (unpaired) electrons. The smallest absolute Gasteiger partial charge is 0.221 e. The van der Waals surface area contributed by atoms with Gasteiger partial charge in [0.1, 0.15) is 5.82 Å². The van der Waals surface area contributed by atoms with E-state index in [1.807, 2.05) is 6.92 Å². The number of halogens is 2. The van der Waals surface area contributed by atoms with Crippen molar-refractivity contribution in [3.63, 3.8) is 0 Å². The van der Waals surface area contributed by atoms with E-state index in [-0.39, 0.29) is 10.9 Å². The molecular weight excluding hydrogens is 301 g/mol. The second kappa shape index (κ2) is 6.37. The molecule has 4 nitrogen and oxygen atoms in total. The van der Waals surface area contributed by atoms with Crippen molar-refractivity contribution in [2.45, 2.75) is 26.3 Å². The molecule has 0 aliphatic heterocycles. The number of amides is 1. The van der Waals surface area contributed by atoms with Crippen molar-refractivity contribution < 1.29 is 9.18 Å². The Balaban J connectivity index is 2.22. The van der Waals surface area contributed by atoms with Crippen molar-refractivity contribution in [1.82, 2.24) is 14.9 Å². The predicted octanol–water partition coefficient (Wildman–Crippen LogP) is 3.41. The molecule has 0 atom stereocenters. The van der Waals surface area contributed by atoms with E-state index < -0.39 is 5.82 Å². The predicted molar refractivity (Wildman–Crippen MR) is 80.0 cm³/mol. The lowest BCUT2D eigenvalue weighted by molar-refractivity contribution is -0.121. The molecule has 2 aromatic rings. The lowest BCUT2D eigenvalue weighted by atomic mass is 10.3. The number of benzene rings is 1. The van der Waals surface area contributed by atoms with Crippen LogP contribution in [0.2, 0.25) is 5.02 Å². The highest BCUT2D eigenvalue weighted by Crippen LogP contribution is 2.22. The zero-order chi connectivity index (χ0) is 14.7. The van der Waals surface area contributed by atoms with E-state index >= 15 is 0 Å². The Morgan fingerprint density at radius 1 is 1.55 bits per heavy atom. The van der Waals surface area contributed by atoms with Gasteiger partial charge in [-0.05, 0) is 24.7 Å². The van der Waals surface area contributed by atoms with Gasteiger partial charge in [-0.25, -0.2) is 4.39 Å². The number of aromatic nitrogens is 2. The van der Waals surface area contributed by atoms with E-state index in [0.717, 1.165) is 6.42 Å². The molecule has 0 fully saturated rings. The van der Waals surface area contributed by atoms with Crippen LogP contribution in [0.15, 0.2) is 12.1 Å². The van der Waals surface area contributed by atoms with E-state index in [0.29, 0.717) is 35.3 Å². The molecule has 1 amide bonds. The molecule has 0 saturated carbocycles. The van der Waals surface area contributed by atoms with Crippen LogP contribution >= 0.6 is 23.8 Å². The number of aryl methyl sites for hydroxylation is 1. The lowest BCUT2D eigenvalue weighted by Crippen LogP contribution is -2.25. The topological polar surface area (TPSA) is 49.8 Å². The maximum Gasteiger partial charge on any atom is 0.221 e. The van der Waals surface area contributed by atoms with Gasteiger partial charge < -0.3 is 14.9 Å². The molecule has 1 aromatic carbocycles. The van der Waals surface area contributed by atoms with Gasteiger partial charge in [-0.2, -0.15) is 0 Å². The number of H-pyrrole nitrogens is 1. The molecule has 0 aliphatic rings. The van der Waals surface area contributed by atoms with Crippen molar-refractivity contribution in [2.24, 2.45) is 0 Å². The third kappa shape index (κ3) is 3.19. The maximum absolute atomic E-state index is 13.5. The van der Waals surface area contributed by atoms with Gasteiger partial charge in [0.25, 0.3) is 0 Å². The van der Waals surface area contributed by atoms with Crippen LogP contribution in [-0.2, 0) is 11.3 Å². The number of imidazole rings is 1. The van der Waals surface area contributed by atoms with Gasteiger partial charge in [0.15, 0.2) is 4.77 Å². The average Bonchev–Trinajstić information content (AvgIpc) is 2.70. The van der Waals surface area contributed by atoms with Gasteiger partial charge in [-0.15, -0.1) is 0 Å². The van der Waals surface area contributed by atoms with Crippen LogP contribution in [0.1, 0.15) is 19.8 Å². The summed E-state index contributed by atoms with van der Waals surface area (Å²) >= 11 is 10.9. The van der Waals surface area contributed by atoms with Gasteiger partial charge in [-0.1, -0.05) is 18.5 Å². The van der Waals surface area contributed by atoms with Gasteiger partial charge in [0.2, 0.25) is 5.91 Å². The summed E-state index contributed by atoms with van der Waals surface area (Å²) in [5, 5.41) is 2.83. The monoisotopic (exact) mass is 315 g/mol. The van der Waals surface area contributed by atoms with E-state index in [4.69, 9.17) is 23.8 Å². The summed E-state index contributed by atoms with van der Waals surface area (Å²) < 4.78 is 15.7. The number of fused-ring (bicyclic) bond motifs is 1. The molecule has 20 heavy (non-hydrogen) atoms. The summed E-state index contributed by atoms with van der Waals surface area (Å²) in [6.07, 6.45) is 1.19. The summed E-state index contributed by atoms with van der Waals surface area (Å²) in [5.74, 6) is -0.546. The molecule has 1 heterocycles. The number of carbonyl (C=O) groups excluding carboxylic acids is 1. The first-order valence-corrected chi connectivity index (χ1v) is 7.15. The van der Waals surface area contributed by atoms with Crippen LogP contribution in [0.5, 0.6) is 0 Å². The molecule has 0 unspecified atom stereocenters. The van der Waals surface area contributed by atoms with E-state index in [9.17, 15) is 9.18 Å². The summed E-state index contributed by atoms with van der Waals surface area (Å²) in [6.45, 7) is 3.04. The SMILES string of the molecule is CCCNC(=O)CCn1c(=S)[nH]c2cc(Cl)c(F)cc21. The number of aromatic amines is 1. The number of hydrogen-bond donors (Lipinski definition) is 2. The molecule has 2 rings (SSSR count). The number of nitrogens with zero attached hydrogens (tertiary/aromatic N) is 1. The molecule has 108 valence electrons. The van der Waals surface area contributed by atoms with E-state index in [1.165, 1.54) is 12.1 Å². The number of carbonyl (C=O) groups is 1. The summed E-state index contributed by atoms with van der Waals surface area (Å²) in [7, 11) is 0. The number of hydrogen-bond acceptors (Lipinski definition) is 2. The van der Waals surface area contributed by atoms with Crippen LogP contribution < -0.4 is 5.32 Å². The van der Waals surface area contributed by atoms with Crippen LogP contribution in [-0.4, -0.2) is 22.0 Å². The van der Waals surface area contributed by atoms with Gasteiger partial charge >= 0.3 is 0 Å².